The Labute approximate surface area is 86.1 Å². The van der Waals surface area contributed by atoms with Crippen molar-refractivity contribution in [3.8, 4) is 0 Å². The van der Waals surface area contributed by atoms with Gasteiger partial charge in [-0.1, -0.05) is 31.5 Å². The molecule has 14 heavy (non-hydrogen) atoms. The average molecular weight is 190 g/mol. The third kappa shape index (κ3) is 3.29. The van der Waals surface area contributed by atoms with Crippen molar-refractivity contribution >= 4 is 5.69 Å². The summed E-state index contributed by atoms with van der Waals surface area (Å²) in [6.07, 6.45) is 0. The average Bonchev–Trinajstić information content (AvgIpc) is 2.16. The molecule has 0 bridgehead atoms. The minimum Gasteiger partial charge on any atom is -0.185 e. The molecule has 2 heteroatoms. The van der Waals surface area contributed by atoms with Crippen LogP contribution in [0.4, 0.5) is 5.69 Å². The van der Waals surface area contributed by atoms with E-state index in [0.29, 0.717) is 5.92 Å². The number of hydrogen-bond donors (Lipinski definition) is 0. The van der Waals surface area contributed by atoms with Crippen LogP contribution in [0.1, 0.15) is 26.3 Å². The molecule has 76 valence electrons. The SMILES string of the molecule is Cc1ccc(N=NC(C)C(C)C)cc1. The summed E-state index contributed by atoms with van der Waals surface area (Å²) in [7, 11) is 0. The van der Waals surface area contributed by atoms with Gasteiger partial charge in [0.05, 0.1) is 11.7 Å². The highest BCUT2D eigenvalue weighted by Gasteiger charge is 2.03. The van der Waals surface area contributed by atoms with Crippen LogP contribution in [0.15, 0.2) is 34.5 Å². The fraction of sp³-hybridized carbons (Fsp3) is 0.500. The van der Waals surface area contributed by atoms with Gasteiger partial charge in [-0.25, -0.2) is 0 Å². The predicted molar refractivity (Wildman–Crippen MR) is 60.0 cm³/mol. The second kappa shape index (κ2) is 4.89. The molecule has 0 radical (unpaired) electrons. The quantitative estimate of drug-likeness (QED) is 0.640. The number of benzene rings is 1. The fourth-order valence-electron chi connectivity index (χ4n) is 0.902. The number of nitrogens with zero attached hydrogens (tertiary/aromatic N) is 2. The smallest absolute Gasteiger partial charge is 0.0852 e. The number of hydrogen-bond acceptors (Lipinski definition) is 2. The Morgan fingerprint density at radius 2 is 1.57 bits per heavy atom. The van der Waals surface area contributed by atoms with Crippen LogP contribution in [0.5, 0.6) is 0 Å². The van der Waals surface area contributed by atoms with Crippen LogP contribution in [0.25, 0.3) is 0 Å². The summed E-state index contributed by atoms with van der Waals surface area (Å²) in [6, 6.07) is 8.37. The lowest BCUT2D eigenvalue weighted by Gasteiger charge is -2.07. The molecule has 1 rings (SSSR count). The van der Waals surface area contributed by atoms with Gasteiger partial charge in [-0.15, -0.1) is 0 Å². The highest BCUT2D eigenvalue weighted by atomic mass is 15.1. The van der Waals surface area contributed by atoms with Crippen molar-refractivity contribution in [3.05, 3.63) is 29.8 Å². The Balaban J connectivity index is 2.64. The summed E-state index contributed by atoms with van der Waals surface area (Å²) in [4.78, 5) is 0. The van der Waals surface area contributed by atoms with Crippen LogP contribution < -0.4 is 0 Å². The van der Waals surface area contributed by atoms with Crippen molar-refractivity contribution in [1.82, 2.24) is 0 Å². The molecule has 0 saturated heterocycles. The van der Waals surface area contributed by atoms with Crippen molar-refractivity contribution in [2.24, 2.45) is 16.1 Å². The van der Waals surface area contributed by atoms with Gasteiger partial charge in [0, 0.05) is 0 Å². The summed E-state index contributed by atoms with van der Waals surface area (Å²) in [5, 5.41) is 8.44. The molecule has 0 aliphatic rings. The summed E-state index contributed by atoms with van der Waals surface area (Å²) in [6.45, 7) is 8.46. The van der Waals surface area contributed by atoms with Gasteiger partial charge in [0.25, 0.3) is 0 Å². The van der Waals surface area contributed by atoms with Gasteiger partial charge in [0.15, 0.2) is 0 Å². The van der Waals surface area contributed by atoms with Crippen molar-refractivity contribution in [3.63, 3.8) is 0 Å². The van der Waals surface area contributed by atoms with Gasteiger partial charge in [0.1, 0.15) is 0 Å². The molecule has 0 amide bonds. The van der Waals surface area contributed by atoms with Gasteiger partial charge in [-0.3, -0.25) is 0 Å². The van der Waals surface area contributed by atoms with Crippen LogP contribution >= 0.6 is 0 Å². The van der Waals surface area contributed by atoms with E-state index in [0.717, 1.165) is 5.69 Å². The highest BCUT2D eigenvalue weighted by Crippen LogP contribution is 2.15. The zero-order valence-corrected chi connectivity index (χ0v) is 9.36. The molecule has 0 aliphatic carbocycles. The highest BCUT2D eigenvalue weighted by molar-refractivity contribution is 5.37. The first-order valence-electron chi connectivity index (χ1n) is 5.07. The maximum Gasteiger partial charge on any atom is 0.0852 e. The van der Waals surface area contributed by atoms with Gasteiger partial charge in [-0.2, -0.15) is 10.2 Å². The van der Waals surface area contributed by atoms with E-state index >= 15 is 0 Å². The Morgan fingerprint density at radius 1 is 1.00 bits per heavy atom. The van der Waals surface area contributed by atoms with Crippen molar-refractivity contribution in [2.75, 3.05) is 0 Å². The molecule has 0 aliphatic heterocycles. The van der Waals surface area contributed by atoms with Gasteiger partial charge < -0.3 is 0 Å². The zero-order chi connectivity index (χ0) is 10.6. The summed E-state index contributed by atoms with van der Waals surface area (Å²) in [5.74, 6) is 0.546. The Hall–Kier alpha value is -1.18. The van der Waals surface area contributed by atoms with Crippen molar-refractivity contribution < 1.29 is 0 Å². The van der Waals surface area contributed by atoms with E-state index in [9.17, 15) is 0 Å². The largest absolute Gasteiger partial charge is 0.185 e. The maximum absolute atomic E-state index is 4.25. The number of azo groups is 1. The third-order valence-corrected chi connectivity index (χ3v) is 2.35. The van der Waals surface area contributed by atoms with Crippen LogP contribution in [0.2, 0.25) is 0 Å². The van der Waals surface area contributed by atoms with E-state index in [1.807, 2.05) is 24.3 Å². The van der Waals surface area contributed by atoms with E-state index in [1.165, 1.54) is 5.56 Å². The van der Waals surface area contributed by atoms with Gasteiger partial charge in [0.2, 0.25) is 0 Å². The predicted octanol–water partition coefficient (Wildman–Crippen LogP) is 4.12. The lowest BCUT2D eigenvalue weighted by molar-refractivity contribution is 0.513. The molecular formula is C12H18N2. The monoisotopic (exact) mass is 190 g/mol. The topological polar surface area (TPSA) is 24.7 Å². The Morgan fingerprint density at radius 3 is 2.07 bits per heavy atom. The molecule has 1 aromatic carbocycles. The Bertz CT molecular complexity index is 299. The molecule has 0 aromatic heterocycles. The summed E-state index contributed by atoms with van der Waals surface area (Å²) >= 11 is 0. The van der Waals surface area contributed by atoms with E-state index in [4.69, 9.17) is 0 Å². The number of rotatable bonds is 3. The maximum atomic E-state index is 4.25. The molecule has 0 fully saturated rings. The second-order valence-corrected chi connectivity index (χ2v) is 4.04. The lowest BCUT2D eigenvalue weighted by atomic mass is 10.1. The molecule has 1 aromatic rings. The van der Waals surface area contributed by atoms with Crippen LogP contribution in [-0.2, 0) is 0 Å². The van der Waals surface area contributed by atoms with E-state index in [1.54, 1.807) is 0 Å². The first-order valence-corrected chi connectivity index (χ1v) is 5.07. The van der Waals surface area contributed by atoms with Crippen LogP contribution in [0, 0.1) is 12.8 Å². The molecule has 1 atom stereocenters. The molecular weight excluding hydrogens is 172 g/mol. The minimum absolute atomic E-state index is 0.288. The fourth-order valence-corrected chi connectivity index (χ4v) is 0.902. The van der Waals surface area contributed by atoms with Crippen LogP contribution in [-0.4, -0.2) is 6.04 Å². The standard InChI is InChI=1S/C12H18N2/c1-9(2)11(4)13-14-12-7-5-10(3)6-8-12/h5-9,11H,1-4H3. The number of aryl methyl sites for hydroxylation is 1. The molecule has 2 nitrogen and oxygen atoms in total. The minimum atomic E-state index is 0.288. The third-order valence-electron chi connectivity index (χ3n) is 2.35. The normalized spacial score (nSPS) is 13.8. The van der Waals surface area contributed by atoms with Crippen LogP contribution in [0.3, 0.4) is 0 Å². The lowest BCUT2D eigenvalue weighted by Crippen LogP contribution is -2.05. The van der Waals surface area contributed by atoms with Crippen molar-refractivity contribution in [1.29, 1.82) is 0 Å². The van der Waals surface area contributed by atoms with E-state index in [-0.39, 0.29) is 6.04 Å². The second-order valence-electron chi connectivity index (χ2n) is 4.04. The first-order chi connectivity index (χ1) is 6.59. The molecule has 0 heterocycles. The summed E-state index contributed by atoms with van der Waals surface area (Å²) in [5.41, 5.74) is 2.18. The van der Waals surface area contributed by atoms with E-state index in [2.05, 4.69) is 37.9 Å². The van der Waals surface area contributed by atoms with Gasteiger partial charge >= 0.3 is 0 Å². The summed E-state index contributed by atoms with van der Waals surface area (Å²) < 4.78 is 0. The van der Waals surface area contributed by atoms with Crippen molar-refractivity contribution in [2.45, 2.75) is 33.7 Å². The first kappa shape index (κ1) is 10.9. The van der Waals surface area contributed by atoms with E-state index < -0.39 is 0 Å². The molecule has 0 N–H and O–H groups in total. The molecule has 0 spiro atoms. The Kier molecular flexibility index (Phi) is 3.81. The van der Waals surface area contributed by atoms with Gasteiger partial charge in [-0.05, 0) is 31.9 Å². The molecule has 0 saturated carbocycles. The molecule has 1 unspecified atom stereocenters. The zero-order valence-electron chi connectivity index (χ0n) is 9.36.